The Morgan fingerprint density at radius 3 is 2.58 bits per heavy atom. The minimum Gasteiger partial charge on any atom is -0.315 e. The van der Waals surface area contributed by atoms with Crippen molar-refractivity contribution in [2.24, 2.45) is 5.92 Å². The van der Waals surface area contributed by atoms with E-state index in [0.717, 1.165) is 0 Å². The number of imide groups is 1. The van der Waals surface area contributed by atoms with Gasteiger partial charge in [-0.25, -0.2) is 4.79 Å². The Balaban J connectivity index is 3.83. The van der Waals surface area contributed by atoms with E-state index in [1.165, 1.54) is 6.20 Å². The van der Waals surface area contributed by atoms with Crippen LogP contribution in [0.1, 0.15) is 20.3 Å². The minimum absolute atomic E-state index is 0.138. The number of hydrogen-bond donors (Lipinski definition) is 2. The molecule has 1 unspecified atom stereocenters. The molecule has 0 heterocycles. The van der Waals surface area contributed by atoms with Gasteiger partial charge in [-0.1, -0.05) is 20.4 Å². The lowest BCUT2D eigenvalue weighted by molar-refractivity contribution is -0.123. The molecule has 0 bridgehead atoms. The van der Waals surface area contributed by atoms with Crippen LogP contribution in [0.3, 0.4) is 0 Å². The molecule has 1 atom stereocenters. The third-order valence-corrected chi connectivity index (χ3v) is 1.53. The van der Waals surface area contributed by atoms with Crippen molar-refractivity contribution in [3.63, 3.8) is 0 Å². The van der Waals surface area contributed by atoms with Crippen molar-refractivity contribution in [1.29, 1.82) is 0 Å². The second-order valence-corrected chi connectivity index (χ2v) is 2.48. The Bertz CT molecular complexity index is 189. The maximum atomic E-state index is 11.1. The molecule has 12 heavy (non-hydrogen) atoms. The summed E-state index contributed by atoms with van der Waals surface area (Å²) in [4.78, 5) is 21.8. The molecule has 68 valence electrons. The third-order valence-electron chi connectivity index (χ3n) is 1.53. The highest BCUT2D eigenvalue weighted by Gasteiger charge is 2.12. The number of urea groups is 1. The van der Waals surface area contributed by atoms with E-state index in [0.29, 0.717) is 6.42 Å². The summed E-state index contributed by atoms with van der Waals surface area (Å²) in [6, 6.07) is -0.532. The van der Waals surface area contributed by atoms with E-state index < -0.39 is 6.03 Å². The second-order valence-electron chi connectivity index (χ2n) is 2.48. The summed E-state index contributed by atoms with van der Waals surface area (Å²) >= 11 is 0. The molecule has 0 aliphatic rings. The van der Waals surface area contributed by atoms with Crippen LogP contribution in [0.2, 0.25) is 0 Å². The molecular formula is C8H14N2O2. The van der Waals surface area contributed by atoms with Crippen LogP contribution in [0, 0.1) is 5.92 Å². The van der Waals surface area contributed by atoms with Gasteiger partial charge in [-0.2, -0.15) is 0 Å². The van der Waals surface area contributed by atoms with Gasteiger partial charge in [0, 0.05) is 5.92 Å². The molecule has 0 saturated carbocycles. The molecule has 2 N–H and O–H groups in total. The van der Waals surface area contributed by atoms with Gasteiger partial charge in [-0.05, 0) is 12.6 Å². The van der Waals surface area contributed by atoms with Crippen LogP contribution in [0.4, 0.5) is 4.79 Å². The summed E-state index contributed by atoms with van der Waals surface area (Å²) in [7, 11) is 0. The van der Waals surface area contributed by atoms with Gasteiger partial charge in [0.1, 0.15) is 0 Å². The van der Waals surface area contributed by atoms with Crippen LogP contribution in [0.25, 0.3) is 0 Å². The largest absolute Gasteiger partial charge is 0.325 e. The van der Waals surface area contributed by atoms with Crippen molar-refractivity contribution < 1.29 is 9.59 Å². The SMILES string of the molecule is C=CNC(=O)NC(=O)C(C)CC. The number of carbonyl (C=O) groups excluding carboxylic acids is 2. The van der Waals surface area contributed by atoms with Crippen molar-refractivity contribution in [3.8, 4) is 0 Å². The Labute approximate surface area is 72.0 Å². The maximum Gasteiger partial charge on any atom is 0.325 e. The lowest BCUT2D eigenvalue weighted by atomic mass is 10.1. The van der Waals surface area contributed by atoms with Gasteiger partial charge < -0.3 is 5.32 Å². The van der Waals surface area contributed by atoms with Crippen molar-refractivity contribution in [1.82, 2.24) is 10.6 Å². The summed E-state index contributed by atoms with van der Waals surface area (Å²) in [5.41, 5.74) is 0. The van der Waals surface area contributed by atoms with Crippen molar-refractivity contribution >= 4 is 11.9 Å². The molecule has 0 radical (unpaired) electrons. The minimum atomic E-state index is -0.532. The highest BCUT2D eigenvalue weighted by atomic mass is 16.2. The average molecular weight is 170 g/mol. The zero-order chi connectivity index (χ0) is 9.56. The molecule has 4 nitrogen and oxygen atoms in total. The Kier molecular flexibility index (Phi) is 4.76. The van der Waals surface area contributed by atoms with Crippen molar-refractivity contribution in [2.45, 2.75) is 20.3 Å². The third kappa shape index (κ3) is 3.75. The molecular weight excluding hydrogens is 156 g/mol. The lowest BCUT2D eigenvalue weighted by Crippen LogP contribution is -2.39. The number of carbonyl (C=O) groups is 2. The van der Waals surface area contributed by atoms with Crippen LogP contribution in [-0.4, -0.2) is 11.9 Å². The monoisotopic (exact) mass is 170 g/mol. The molecule has 0 aliphatic heterocycles. The fourth-order valence-electron chi connectivity index (χ4n) is 0.549. The molecule has 4 heteroatoms. The van der Waals surface area contributed by atoms with E-state index in [2.05, 4.69) is 17.2 Å². The van der Waals surface area contributed by atoms with E-state index in [1.807, 2.05) is 6.92 Å². The Morgan fingerprint density at radius 1 is 1.58 bits per heavy atom. The van der Waals surface area contributed by atoms with Gasteiger partial charge in [0.15, 0.2) is 0 Å². The second kappa shape index (κ2) is 5.35. The Hall–Kier alpha value is -1.32. The summed E-state index contributed by atoms with van der Waals surface area (Å²) in [5, 5.41) is 4.42. The molecule has 0 saturated heterocycles. The van der Waals surface area contributed by atoms with Crippen LogP contribution in [0.5, 0.6) is 0 Å². The van der Waals surface area contributed by atoms with Crippen LogP contribution < -0.4 is 10.6 Å². The van der Waals surface area contributed by atoms with E-state index >= 15 is 0 Å². The highest BCUT2D eigenvalue weighted by Crippen LogP contribution is 1.98. The van der Waals surface area contributed by atoms with E-state index in [9.17, 15) is 9.59 Å². The fourth-order valence-corrected chi connectivity index (χ4v) is 0.549. The van der Waals surface area contributed by atoms with Crippen molar-refractivity contribution in [2.75, 3.05) is 0 Å². The molecule has 0 aliphatic carbocycles. The Morgan fingerprint density at radius 2 is 2.17 bits per heavy atom. The molecule has 0 rings (SSSR count). The van der Waals surface area contributed by atoms with Crippen molar-refractivity contribution in [3.05, 3.63) is 12.8 Å². The predicted octanol–water partition coefficient (Wildman–Crippen LogP) is 1.00. The standard InChI is InChI=1S/C8H14N2O2/c1-4-6(3)7(11)10-8(12)9-5-2/h5-6H,2,4H2,1,3H3,(H2,9,10,11,12). The highest BCUT2D eigenvalue weighted by molar-refractivity contribution is 5.95. The summed E-state index contributed by atoms with van der Waals surface area (Å²) < 4.78 is 0. The summed E-state index contributed by atoms with van der Waals surface area (Å²) in [6.07, 6.45) is 1.94. The zero-order valence-corrected chi connectivity index (χ0v) is 7.39. The first-order valence-electron chi connectivity index (χ1n) is 3.84. The van der Waals surface area contributed by atoms with Gasteiger partial charge >= 0.3 is 6.03 Å². The van der Waals surface area contributed by atoms with E-state index in [-0.39, 0.29) is 11.8 Å². The number of nitrogens with one attached hydrogen (secondary N) is 2. The van der Waals surface area contributed by atoms with Gasteiger partial charge in [0.25, 0.3) is 0 Å². The fraction of sp³-hybridized carbons (Fsp3) is 0.500. The molecule has 0 spiro atoms. The summed E-state index contributed by atoms with van der Waals surface area (Å²) in [6.45, 7) is 6.93. The number of amides is 3. The van der Waals surface area contributed by atoms with Crippen LogP contribution >= 0.6 is 0 Å². The van der Waals surface area contributed by atoms with E-state index in [4.69, 9.17) is 0 Å². The van der Waals surface area contributed by atoms with Gasteiger partial charge in [-0.3, -0.25) is 10.1 Å². The predicted molar refractivity (Wildman–Crippen MR) is 46.3 cm³/mol. The van der Waals surface area contributed by atoms with Gasteiger partial charge in [0.2, 0.25) is 5.91 Å². The first-order chi connectivity index (χ1) is 5.61. The van der Waals surface area contributed by atoms with Gasteiger partial charge in [-0.15, -0.1) is 0 Å². The summed E-state index contributed by atoms with van der Waals surface area (Å²) in [5.74, 6) is -0.405. The lowest BCUT2D eigenvalue weighted by Gasteiger charge is -2.07. The smallest absolute Gasteiger partial charge is 0.315 e. The first-order valence-corrected chi connectivity index (χ1v) is 3.84. The first kappa shape index (κ1) is 10.7. The van der Waals surface area contributed by atoms with Gasteiger partial charge in [0.05, 0.1) is 0 Å². The normalized spacial score (nSPS) is 11.5. The number of rotatable bonds is 3. The topological polar surface area (TPSA) is 58.2 Å². The quantitative estimate of drug-likeness (QED) is 0.664. The molecule has 0 fully saturated rings. The average Bonchev–Trinajstić information content (AvgIpc) is 2.03. The molecule has 0 aromatic carbocycles. The van der Waals surface area contributed by atoms with E-state index in [1.54, 1.807) is 6.92 Å². The molecule has 3 amide bonds. The molecule has 0 aromatic rings. The maximum absolute atomic E-state index is 11.1. The zero-order valence-electron chi connectivity index (χ0n) is 7.39. The van der Waals surface area contributed by atoms with Crippen LogP contribution in [-0.2, 0) is 4.79 Å². The molecule has 0 aromatic heterocycles. The number of hydrogen-bond acceptors (Lipinski definition) is 2. The van der Waals surface area contributed by atoms with Crippen LogP contribution in [0.15, 0.2) is 12.8 Å².